The minimum Gasteiger partial charge on any atom is -0.326 e. The monoisotopic (exact) mass is 293 g/mol. The van der Waals surface area contributed by atoms with Crippen LogP contribution < -0.4 is 5.73 Å². The normalized spacial score (nSPS) is 22.7. The Labute approximate surface area is 127 Å². The Morgan fingerprint density at radius 1 is 1.48 bits per heavy atom. The summed E-state index contributed by atoms with van der Waals surface area (Å²) < 4.78 is 13.6. The number of hydrogen-bond acceptors (Lipinski definition) is 3. The quantitative estimate of drug-likeness (QED) is 0.875. The van der Waals surface area contributed by atoms with E-state index in [9.17, 15) is 4.39 Å². The molecule has 1 aromatic carbocycles. The number of rotatable bonds is 6. The number of likely N-dealkylation sites (tertiary alicyclic amines) is 1. The van der Waals surface area contributed by atoms with E-state index in [-0.39, 0.29) is 17.9 Å². The van der Waals surface area contributed by atoms with Crippen LogP contribution in [0.25, 0.3) is 0 Å². The van der Waals surface area contributed by atoms with E-state index in [1.54, 1.807) is 12.1 Å². The first-order valence-electron chi connectivity index (χ1n) is 7.94. The van der Waals surface area contributed by atoms with Gasteiger partial charge in [-0.05, 0) is 57.6 Å². The molecule has 2 N–H and O–H groups in total. The van der Waals surface area contributed by atoms with Crippen molar-refractivity contribution in [3.05, 3.63) is 35.6 Å². The maximum atomic E-state index is 13.6. The van der Waals surface area contributed by atoms with E-state index in [1.807, 2.05) is 6.07 Å². The van der Waals surface area contributed by atoms with E-state index in [0.29, 0.717) is 6.04 Å². The van der Waals surface area contributed by atoms with E-state index in [2.05, 4.69) is 30.8 Å². The maximum Gasteiger partial charge on any atom is 0.123 e. The minimum atomic E-state index is -0.188. The van der Waals surface area contributed by atoms with Gasteiger partial charge < -0.3 is 10.6 Å². The highest BCUT2D eigenvalue weighted by Crippen LogP contribution is 2.26. The van der Waals surface area contributed by atoms with Gasteiger partial charge in [0.15, 0.2) is 0 Å². The van der Waals surface area contributed by atoms with Crippen LogP contribution in [0.2, 0.25) is 0 Å². The highest BCUT2D eigenvalue weighted by Gasteiger charge is 2.28. The second kappa shape index (κ2) is 7.34. The van der Waals surface area contributed by atoms with Crippen molar-refractivity contribution in [2.24, 2.45) is 5.73 Å². The third-order valence-electron chi connectivity index (χ3n) is 4.71. The molecule has 1 aliphatic rings. The van der Waals surface area contributed by atoms with Gasteiger partial charge in [0.05, 0.1) is 0 Å². The highest BCUT2D eigenvalue weighted by molar-refractivity contribution is 5.22. The molecule has 118 valence electrons. The molecule has 1 saturated heterocycles. The Bertz CT molecular complexity index is 451. The standard InChI is InChI=1S/C17H28FN3/c1-4-16(19)17(13-7-5-8-14(18)11-13)21(3)12-15-9-6-10-20(15)2/h5,7-8,11,15-17H,4,6,9-10,12,19H2,1-3H3. The van der Waals surface area contributed by atoms with Crippen LogP contribution in [0.5, 0.6) is 0 Å². The summed E-state index contributed by atoms with van der Waals surface area (Å²) in [5, 5.41) is 0. The summed E-state index contributed by atoms with van der Waals surface area (Å²) in [6.07, 6.45) is 3.38. The van der Waals surface area contributed by atoms with Gasteiger partial charge in [0.1, 0.15) is 5.82 Å². The van der Waals surface area contributed by atoms with Crippen LogP contribution in [0.4, 0.5) is 4.39 Å². The first-order valence-corrected chi connectivity index (χ1v) is 7.94. The van der Waals surface area contributed by atoms with Gasteiger partial charge in [0.25, 0.3) is 0 Å². The van der Waals surface area contributed by atoms with Crippen LogP contribution in [0.15, 0.2) is 24.3 Å². The summed E-state index contributed by atoms with van der Waals surface area (Å²) in [7, 11) is 4.29. The zero-order chi connectivity index (χ0) is 15.4. The van der Waals surface area contributed by atoms with E-state index >= 15 is 0 Å². The third-order valence-corrected chi connectivity index (χ3v) is 4.71. The Balaban J connectivity index is 2.15. The lowest BCUT2D eigenvalue weighted by Crippen LogP contribution is -2.44. The Hall–Kier alpha value is -0.970. The fourth-order valence-electron chi connectivity index (χ4n) is 3.40. The number of halogens is 1. The van der Waals surface area contributed by atoms with Crippen LogP contribution >= 0.6 is 0 Å². The van der Waals surface area contributed by atoms with Gasteiger partial charge in [-0.15, -0.1) is 0 Å². The number of hydrogen-bond donors (Lipinski definition) is 1. The molecule has 2 rings (SSSR count). The molecule has 3 atom stereocenters. The summed E-state index contributed by atoms with van der Waals surface area (Å²) in [5.74, 6) is -0.188. The van der Waals surface area contributed by atoms with Crippen molar-refractivity contribution in [2.45, 2.75) is 44.3 Å². The van der Waals surface area contributed by atoms with Gasteiger partial charge >= 0.3 is 0 Å². The van der Waals surface area contributed by atoms with Crippen LogP contribution in [0.3, 0.4) is 0 Å². The summed E-state index contributed by atoms with van der Waals surface area (Å²) >= 11 is 0. The first kappa shape index (κ1) is 16.4. The average Bonchev–Trinajstić information content (AvgIpc) is 2.84. The summed E-state index contributed by atoms with van der Waals surface area (Å²) in [6.45, 7) is 4.24. The summed E-state index contributed by atoms with van der Waals surface area (Å²) in [5.41, 5.74) is 7.31. The molecular weight excluding hydrogens is 265 g/mol. The molecule has 0 spiro atoms. The van der Waals surface area contributed by atoms with E-state index < -0.39 is 0 Å². The van der Waals surface area contributed by atoms with E-state index in [4.69, 9.17) is 5.73 Å². The van der Waals surface area contributed by atoms with Crippen molar-refractivity contribution in [3.8, 4) is 0 Å². The molecule has 1 aliphatic heterocycles. The number of nitrogens with two attached hydrogens (primary N) is 1. The van der Waals surface area contributed by atoms with Crippen molar-refractivity contribution in [1.29, 1.82) is 0 Å². The van der Waals surface area contributed by atoms with Crippen molar-refractivity contribution in [3.63, 3.8) is 0 Å². The van der Waals surface area contributed by atoms with Gasteiger partial charge in [0.2, 0.25) is 0 Å². The summed E-state index contributed by atoms with van der Waals surface area (Å²) in [6, 6.07) is 7.53. The smallest absolute Gasteiger partial charge is 0.123 e. The topological polar surface area (TPSA) is 32.5 Å². The Kier molecular flexibility index (Phi) is 5.73. The van der Waals surface area contributed by atoms with Gasteiger partial charge in [-0.1, -0.05) is 19.1 Å². The van der Waals surface area contributed by atoms with Crippen LogP contribution in [-0.2, 0) is 0 Å². The Morgan fingerprint density at radius 3 is 2.81 bits per heavy atom. The van der Waals surface area contributed by atoms with E-state index in [0.717, 1.165) is 18.5 Å². The molecule has 0 saturated carbocycles. The lowest BCUT2D eigenvalue weighted by molar-refractivity contribution is 0.157. The van der Waals surface area contributed by atoms with Crippen molar-refractivity contribution in [2.75, 3.05) is 27.2 Å². The van der Waals surface area contributed by atoms with Crippen molar-refractivity contribution < 1.29 is 4.39 Å². The molecule has 0 radical (unpaired) electrons. The second-order valence-corrected chi connectivity index (χ2v) is 6.29. The zero-order valence-electron chi connectivity index (χ0n) is 13.4. The molecule has 0 aliphatic carbocycles. The molecular formula is C17H28FN3. The highest BCUT2D eigenvalue weighted by atomic mass is 19.1. The van der Waals surface area contributed by atoms with E-state index in [1.165, 1.54) is 25.5 Å². The van der Waals surface area contributed by atoms with Gasteiger partial charge in [-0.3, -0.25) is 4.90 Å². The predicted octanol–water partition coefficient (Wildman–Crippen LogP) is 2.63. The number of likely N-dealkylation sites (N-methyl/N-ethyl adjacent to an activating group) is 2. The molecule has 4 heteroatoms. The van der Waals surface area contributed by atoms with Crippen LogP contribution in [-0.4, -0.2) is 49.1 Å². The maximum absolute atomic E-state index is 13.6. The molecule has 0 amide bonds. The van der Waals surface area contributed by atoms with Crippen molar-refractivity contribution in [1.82, 2.24) is 9.80 Å². The van der Waals surface area contributed by atoms with Crippen LogP contribution in [0.1, 0.15) is 37.8 Å². The number of benzene rings is 1. The molecule has 0 bridgehead atoms. The lowest BCUT2D eigenvalue weighted by Gasteiger charge is -2.35. The summed E-state index contributed by atoms with van der Waals surface area (Å²) in [4.78, 5) is 4.71. The molecule has 1 heterocycles. The van der Waals surface area contributed by atoms with Gasteiger partial charge in [-0.2, -0.15) is 0 Å². The van der Waals surface area contributed by atoms with Crippen molar-refractivity contribution >= 4 is 0 Å². The zero-order valence-corrected chi connectivity index (χ0v) is 13.4. The second-order valence-electron chi connectivity index (χ2n) is 6.29. The fourth-order valence-corrected chi connectivity index (χ4v) is 3.40. The molecule has 0 aromatic heterocycles. The van der Waals surface area contributed by atoms with Gasteiger partial charge in [0, 0.05) is 24.7 Å². The van der Waals surface area contributed by atoms with Crippen LogP contribution in [0, 0.1) is 5.82 Å². The van der Waals surface area contributed by atoms with Gasteiger partial charge in [-0.25, -0.2) is 4.39 Å². The average molecular weight is 293 g/mol. The Morgan fingerprint density at radius 2 is 2.24 bits per heavy atom. The molecule has 21 heavy (non-hydrogen) atoms. The third kappa shape index (κ3) is 4.02. The molecule has 1 aromatic rings. The fraction of sp³-hybridized carbons (Fsp3) is 0.647. The molecule has 3 unspecified atom stereocenters. The number of nitrogens with zero attached hydrogens (tertiary/aromatic N) is 2. The predicted molar refractivity (Wildman–Crippen MR) is 85.7 cm³/mol. The lowest BCUT2D eigenvalue weighted by atomic mass is 9.96. The molecule has 1 fully saturated rings. The SMILES string of the molecule is CCC(N)C(c1cccc(F)c1)N(C)CC1CCCN1C. The minimum absolute atomic E-state index is 0.0171. The first-order chi connectivity index (χ1) is 10.0. The largest absolute Gasteiger partial charge is 0.326 e. The molecule has 3 nitrogen and oxygen atoms in total.